The Labute approximate surface area is 230 Å². The summed E-state index contributed by atoms with van der Waals surface area (Å²) in [6.07, 6.45) is 0.709. The summed E-state index contributed by atoms with van der Waals surface area (Å²) in [5.74, 6) is -0.126. The molecule has 1 atom stereocenters. The van der Waals surface area contributed by atoms with Gasteiger partial charge in [0.1, 0.15) is 5.75 Å². The van der Waals surface area contributed by atoms with E-state index in [-0.39, 0.29) is 11.9 Å². The molecule has 1 amide bonds. The summed E-state index contributed by atoms with van der Waals surface area (Å²) in [5, 5.41) is 13.6. The van der Waals surface area contributed by atoms with Crippen LogP contribution >= 0.6 is 0 Å². The summed E-state index contributed by atoms with van der Waals surface area (Å²) in [6.45, 7) is 11.5. The molecule has 4 rings (SSSR count). The normalized spacial score (nSPS) is 12.5. The van der Waals surface area contributed by atoms with Gasteiger partial charge in [-0.05, 0) is 86.6 Å². The van der Waals surface area contributed by atoms with Crippen molar-refractivity contribution < 1.29 is 19.4 Å². The average Bonchev–Trinajstić information content (AvgIpc) is 3.13. The first-order valence-electron chi connectivity index (χ1n) is 13.4. The largest absolute Gasteiger partial charge is 0.478 e. The van der Waals surface area contributed by atoms with Crippen LogP contribution in [0.4, 0.5) is 0 Å². The second-order valence-corrected chi connectivity index (χ2v) is 11.1. The Bertz CT molecular complexity index is 1500. The molecule has 0 saturated heterocycles. The van der Waals surface area contributed by atoms with Crippen LogP contribution in [0.2, 0.25) is 0 Å². The van der Waals surface area contributed by atoms with Gasteiger partial charge in [0.2, 0.25) is 0 Å². The number of hydrogen-bond acceptors (Lipinski definition) is 3. The number of nitrogens with zero attached hydrogens (tertiary/aromatic N) is 1. The van der Waals surface area contributed by atoms with Gasteiger partial charge in [-0.2, -0.15) is 0 Å². The number of aryl methyl sites for hydroxylation is 1. The summed E-state index contributed by atoms with van der Waals surface area (Å²) in [7, 11) is 2.02. The predicted octanol–water partition coefficient (Wildman–Crippen LogP) is 6.93. The van der Waals surface area contributed by atoms with Crippen molar-refractivity contribution in [2.75, 3.05) is 0 Å². The van der Waals surface area contributed by atoms with Gasteiger partial charge in [-0.3, -0.25) is 4.79 Å². The SMILES string of the molecule is Cc1c(Cc2ccc(OC(C)(C)C(=O)O)cc2)c2ccc(C(=O)N[C@@H](C)c3ccc(C(C)C)cc3)cc2n1C. The van der Waals surface area contributed by atoms with E-state index in [2.05, 4.69) is 54.9 Å². The minimum absolute atomic E-state index is 0.0994. The number of benzene rings is 3. The number of carbonyl (C=O) groups is 2. The number of carbonyl (C=O) groups excluding carboxylic acids is 1. The molecule has 0 spiro atoms. The molecule has 0 aliphatic rings. The number of aliphatic carboxylic acids is 1. The second-order valence-electron chi connectivity index (χ2n) is 11.1. The molecule has 0 fully saturated rings. The minimum atomic E-state index is -1.30. The van der Waals surface area contributed by atoms with Gasteiger partial charge in [0.05, 0.1) is 6.04 Å². The Balaban J connectivity index is 1.51. The minimum Gasteiger partial charge on any atom is -0.478 e. The van der Waals surface area contributed by atoms with E-state index in [1.54, 1.807) is 12.1 Å². The highest BCUT2D eigenvalue weighted by atomic mass is 16.5. The van der Waals surface area contributed by atoms with E-state index in [0.29, 0.717) is 23.7 Å². The Hall–Kier alpha value is -4.06. The lowest BCUT2D eigenvalue weighted by Crippen LogP contribution is -2.37. The first-order valence-corrected chi connectivity index (χ1v) is 13.4. The number of carboxylic acid groups (broad SMARTS) is 1. The fourth-order valence-electron chi connectivity index (χ4n) is 4.76. The van der Waals surface area contributed by atoms with Crippen molar-refractivity contribution in [3.8, 4) is 5.75 Å². The van der Waals surface area contributed by atoms with Crippen LogP contribution in [-0.4, -0.2) is 27.2 Å². The molecule has 6 heteroatoms. The standard InChI is InChI=1S/C33H38N2O4/c1-20(2)24-10-12-25(13-11-24)21(3)34-31(36)26-14-17-28-29(22(4)35(7)30(28)19-26)18-23-8-15-27(16-9-23)39-33(5,6)32(37)38/h8-17,19-21H,18H2,1-7H3,(H,34,36)(H,37,38)/t21-/m0/s1. The summed E-state index contributed by atoms with van der Waals surface area (Å²) >= 11 is 0. The molecule has 1 aromatic heterocycles. The summed E-state index contributed by atoms with van der Waals surface area (Å²) < 4.78 is 7.76. The van der Waals surface area contributed by atoms with Gasteiger partial charge in [0.25, 0.3) is 5.91 Å². The van der Waals surface area contributed by atoms with Crippen molar-refractivity contribution in [1.82, 2.24) is 9.88 Å². The Morgan fingerprint density at radius 3 is 2.15 bits per heavy atom. The fraction of sp³-hybridized carbons (Fsp3) is 0.333. The van der Waals surface area contributed by atoms with Crippen molar-refractivity contribution >= 4 is 22.8 Å². The smallest absolute Gasteiger partial charge is 0.347 e. The van der Waals surface area contributed by atoms with Crippen molar-refractivity contribution in [2.45, 2.75) is 65.5 Å². The van der Waals surface area contributed by atoms with E-state index in [0.717, 1.165) is 27.7 Å². The van der Waals surface area contributed by atoms with E-state index < -0.39 is 11.6 Å². The van der Waals surface area contributed by atoms with E-state index in [1.165, 1.54) is 25.0 Å². The number of amides is 1. The van der Waals surface area contributed by atoms with Crippen LogP contribution in [0.5, 0.6) is 5.75 Å². The van der Waals surface area contributed by atoms with Crippen molar-refractivity contribution in [3.63, 3.8) is 0 Å². The highest BCUT2D eigenvalue weighted by Gasteiger charge is 2.29. The summed E-state index contributed by atoms with van der Waals surface area (Å²) in [5.41, 5.74) is 6.11. The molecular formula is C33H38N2O4. The zero-order chi connectivity index (χ0) is 28.5. The lowest BCUT2D eigenvalue weighted by Gasteiger charge is -2.21. The molecule has 0 aliphatic carbocycles. The summed E-state index contributed by atoms with van der Waals surface area (Å²) in [4.78, 5) is 24.5. The average molecular weight is 527 g/mol. The maximum absolute atomic E-state index is 13.1. The number of rotatable bonds is 9. The molecular weight excluding hydrogens is 488 g/mol. The van der Waals surface area contributed by atoms with Crippen LogP contribution in [0.15, 0.2) is 66.7 Å². The predicted molar refractivity (Wildman–Crippen MR) is 156 cm³/mol. The molecule has 204 valence electrons. The molecule has 0 bridgehead atoms. The van der Waals surface area contributed by atoms with Gasteiger partial charge in [0, 0.05) is 29.2 Å². The first kappa shape index (κ1) is 28.0. The van der Waals surface area contributed by atoms with E-state index >= 15 is 0 Å². The summed E-state index contributed by atoms with van der Waals surface area (Å²) in [6, 6.07) is 21.7. The highest BCUT2D eigenvalue weighted by Crippen LogP contribution is 2.29. The quantitative estimate of drug-likeness (QED) is 0.248. The third-order valence-electron chi connectivity index (χ3n) is 7.53. The third kappa shape index (κ3) is 6.00. The zero-order valence-corrected chi connectivity index (χ0v) is 23.8. The fourth-order valence-corrected chi connectivity index (χ4v) is 4.76. The molecule has 39 heavy (non-hydrogen) atoms. The second kappa shape index (κ2) is 11.0. The van der Waals surface area contributed by atoms with Crippen LogP contribution in [0.1, 0.15) is 84.9 Å². The van der Waals surface area contributed by atoms with E-state index in [4.69, 9.17) is 4.74 Å². The molecule has 0 unspecified atom stereocenters. The van der Waals surface area contributed by atoms with Gasteiger partial charge >= 0.3 is 5.97 Å². The number of ether oxygens (including phenoxy) is 1. The lowest BCUT2D eigenvalue weighted by molar-refractivity contribution is -0.152. The van der Waals surface area contributed by atoms with Gasteiger partial charge in [-0.25, -0.2) is 4.79 Å². The Morgan fingerprint density at radius 2 is 1.56 bits per heavy atom. The Kier molecular flexibility index (Phi) is 7.86. The van der Waals surface area contributed by atoms with Crippen molar-refractivity contribution in [2.24, 2.45) is 7.05 Å². The van der Waals surface area contributed by atoms with Crippen LogP contribution < -0.4 is 10.1 Å². The van der Waals surface area contributed by atoms with Gasteiger partial charge in [0.15, 0.2) is 5.60 Å². The number of fused-ring (bicyclic) bond motifs is 1. The molecule has 0 saturated carbocycles. The molecule has 2 N–H and O–H groups in total. The van der Waals surface area contributed by atoms with Crippen molar-refractivity contribution in [1.29, 1.82) is 0 Å². The first-order chi connectivity index (χ1) is 18.4. The highest BCUT2D eigenvalue weighted by molar-refractivity contribution is 5.99. The van der Waals surface area contributed by atoms with Crippen LogP contribution in [0.25, 0.3) is 10.9 Å². The van der Waals surface area contributed by atoms with Gasteiger partial charge in [-0.15, -0.1) is 0 Å². The molecule has 4 aromatic rings. The van der Waals surface area contributed by atoms with Gasteiger partial charge in [-0.1, -0.05) is 56.3 Å². The Morgan fingerprint density at radius 1 is 0.949 bits per heavy atom. The van der Waals surface area contributed by atoms with E-state index in [1.807, 2.05) is 44.3 Å². The topological polar surface area (TPSA) is 80.6 Å². The lowest BCUT2D eigenvalue weighted by atomic mass is 9.99. The monoisotopic (exact) mass is 526 g/mol. The van der Waals surface area contributed by atoms with Crippen molar-refractivity contribution in [3.05, 3.63) is 100 Å². The van der Waals surface area contributed by atoms with Gasteiger partial charge < -0.3 is 19.7 Å². The van der Waals surface area contributed by atoms with Crippen LogP contribution in [-0.2, 0) is 18.3 Å². The molecule has 3 aromatic carbocycles. The zero-order valence-electron chi connectivity index (χ0n) is 23.8. The number of carboxylic acids is 1. The molecule has 1 heterocycles. The maximum atomic E-state index is 13.1. The third-order valence-corrected chi connectivity index (χ3v) is 7.53. The van der Waals surface area contributed by atoms with Crippen LogP contribution in [0, 0.1) is 6.92 Å². The molecule has 0 radical (unpaired) electrons. The maximum Gasteiger partial charge on any atom is 0.347 e. The van der Waals surface area contributed by atoms with E-state index in [9.17, 15) is 14.7 Å². The number of hydrogen-bond donors (Lipinski definition) is 2. The molecule has 0 aliphatic heterocycles. The molecule has 6 nitrogen and oxygen atoms in total. The number of nitrogens with one attached hydrogen (secondary N) is 1. The number of aromatic nitrogens is 1. The van der Waals surface area contributed by atoms with Crippen LogP contribution in [0.3, 0.4) is 0 Å².